The maximum Gasteiger partial charge on any atom is 0.416 e. The highest BCUT2D eigenvalue weighted by molar-refractivity contribution is 5.99. The lowest BCUT2D eigenvalue weighted by atomic mass is 10.1. The van der Waals surface area contributed by atoms with Crippen LogP contribution >= 0.6 is 0 Å². The number of urea groups is 1. The largest absolute Gasteiger partial charge is 0.444 e. The van der Waals surface area contributed by atoms with Crippen LogP contribution in [0.4, 0.5) is 40.0 Å². The van der Waals surface area contributed by atoms with Crippen molar-refractivity contribution in [2.75, 3.05) is 35.2 Å². The Morgan fingerprint density at radius 3 is 2.26 bits per heavy atom. The van der Waals surface area contributed by atoms with Gasteiger partial charge in [0.25, 0.3) is 0 Å². The Morgan fingerprint density at radius 1 is 0.952 bits per heavy atom. The van der Waals surface area contributed by atoms with Crippen LogP contribution in [-0.4, -0.2) is 58.3 Å². The third kappa shape index (κ3) is 8.02. The molecular weight excluding hydrogens is 553 g/mol. The molecule has 2 aromatic carbocycles. The monoisotopic (exact) mass is 586 g/mol. The van der Waals surface area contributed by atoms with Gasteiger partial charge >= 0.3 is 18.3 Å². The molecule has 1 aliphatic heterocycles. The van der Waals surface area contributed by atoms with E-state index < -0.39 is 23.4 Å². The van der Waals surface area contributed by atoms with Crippen molar-refractivity contribution >= 4 is 29.3 Å². The van der Waals surface area contributed by atoms with Crippen molar-refractivity contribution in [2.24, 2.45) is 0 Å². The van der Waals surface area contributed by atoms with Gasteiger partial charge < -0.3 is 29.9 Å². The van der Waals surface area contributed by atoms with Crippen molar-refractivity contribution in [3.63, 3.8) is 0 Å². The van der Waals surface area contributed by atoms with Crippen LogP contribution in [0.25, 0.3) is 0 Å². The van der Waals surface area contributed by atoms with E-state index in [1.165, 1.54) is 25.4 Å². The van der Waals surface area contributed by atoms with E-state index in [1.807, 2.05) is 32.6 Å². The van der Waals surface area contributed by atoms with E-state index in [4.69, 9.17) is 9.47 Å². The second kappa shape index (κ2) is 12.1. The molecule has 0 unspecified atom stereocenters. The zero-order valence-corrected chi connectivity index (χ0v) is 24.0. The molecule has 1 saturated heterocycles. The highest BCUT2D eigenvalue weighted by Crippen LogP contribution is 2.33. The molecule has 42 heavy (non-hydrogen) atoms. The Kier molecular flexibility index (Phi) is 8.78. The van der Waals surface area contributed by atoms with Crippen LogP contribution in [-0.2, 0) is 10.9 Å². The number of nitrogens with zero attached hydrogens (tertiary/aromatic N) is 4. The molecule has 4 rings (SSSR count). The van der Waals surface area contributed by atoms with Crippen LogP contribution < -0.4 is 20.3 Å². The predicted octanol–water partition coefficient (Wildman–Crippen LogP) is 6.69. The number of ether oxygens (including phenoxy) is 2. The molecule has 0 spiro atoms. The molecule has 224 valence electrons. The maximum atomic E-state index is 13.2. The van der Waals surface area contributed by atoms with Gasteiger partial charge in [-0.15, -0.1) is 0 Å². The first-order valence-electron chi connectivity index (χ1n) is 13.3. The highest BCUT2D eigenvalue weighted by Gasteiger charge is 2.33. The minimum absolute atomic E-state index is 0.0191. The normalized spacial score (nSPS) is 15.7. The van der Waals surface area contributed by atoms with Crippen LogP contribution in [0.15, 0.2) is 54.9 Å². The minimum atomic E-state index is -4.52. The smallest absolute Gasteiger partial charge is 0.416 e. The number of aryl methyl sites for hydroxylation is 1. The Bertz CT molecular complexity index is 1430. The van der Waals surface area contributed by atoms with E-state index in [2.05, 4.69) is 20.6 Å². The molecule has 2 heterocycles. The van der Waals surface area contributed by atoms with Gasteiger partial charge in [0, 0.05) is 43.1 Å². The third-order valence-corrected chi connectivity index (χ3v) is 6.34. The van der Waals surface area contributed by atoms with Gasteiger partial charge in [-0.3, -0.25) is 0 Å². The van der Waals surface area contributed by atoms with Crippen LogP contribution in [0.3, 0.4) is 0 Å². The molecule has 0 aliphatic carbocycles. The molecular formula is C29H33F3N6O4. The number of hydrogen-bond donors (Lipinski definition) is 2. The summed E-state index contributed by atoms with van der Waals surface area (Å²) >= 11 is 0. The number of alkyl halides is 3. The van der Waals surface area contributed by atoms with Gasteiger partial charge in [0.2, 0.25) is 5.88 Å². The quantitative estimate of drug-likeness (QED) is 0.343. The average molecular weight is 587 g/mol. The van der Waals surface area contributed by atoms with Crippen molar-refractivity contribution in [2.45, 2.75) is 52.4 Å². The Morgan fingerprint density at radius 2 is 1.62 bits per heavy atom. The number of amides is 3. The summed E-state index contributed by atoms with van der Waals surface area (Å²) < 4.78 is 50.8. The van der Waals surface area contributed by atoms with Gasteiger partial charge in [-0.1, -0.05) is 6.07 Å². The van der Waals surface area contributed by atoms with Crippen LogP contribution in [0.1, 0.15) is 38.8 Å². The van der Waals surface area contributed by atoms with E-state index >= 15 is 0 Å². The third-order valence-electron chi connectivity index (χ3n) is 6.34. The summed E-state index contributed by atoms with van der Waals surface area (Å²) in [5.41, 5.74) is -0.893. The number of halogens is 3. The summed E-state index contributed by atoms with van der Waals surface area (Å²) in [4.78, 5) is 37.1. The first kappa shape index (κ1) is 30.4. The fourth-order valence-electron chi connectivity index (χ4n) is 4.34. The van der Waals surface area contributed by atoms with Crippen LogP contribution in [0, 0.1) is 6.92 Å². The molecule has 1 aliphatic rings. The number of aromatic nitrogens is 2. The SMILES string of the molecule is Cc1ccc(NC(=O)Nc2ccc(Oc3cc(N4CCN(C(=O)OC(C)(C)C)[C@H](C)C4)ncn3)cc2)cc1C(F)(F)F. The number of piperazine rings is 1. The van der Waals surface area contributed by atoms with E-state index in [-0.39, 0.29) is 23.4 Å². The van der Waals surface area contributed by atoms with Crippen molar-refractivity contribution in [3.8, 4) is 11.6 Å². The molecule has 1 fully saturated rings. The van der Waals surface area contributed by atoms with Gasteiger partial charge in [-0.2, -0.15) is 13.2 Å². The van der Waals surface area contributed by atoms with Gasteiger partial charge in [0.05, 0.1) is 5.56 Å². The summed E-state index contributed by atoms with van der Waals surface area (Å²) in [7, 11) is 0. The number of carbonyl (C=O) groups excluding carboxylic acids is 2. The Labute approximate surface area is 241 Å². The van der Waals surface area contributed by atoms with E-state index in [9.17, 15) is 22.8 Å². The maximum absolute atomic E-state index is 13.2. The van der Waals surface area contributed by atoms with Gasteiger partial charge in [0.1, 0.15) is 23.5 Å². The molecule has 3 aromatic rings. The van der Waals surface area contributed by atoms with Crippen molar-refractivity contribution in [1.29, 1.82) is 0 Å². The van der Waals surface area contributed by atoms with Gasteiger partial charge in [-0.25, -0.2) is 19.6 Å². The topological polar surface area (TPSA) is 109 Å². The van der Waals surface area contributed by atoms with Gasteiger partial charge in [0.15, 0.2) is 0 Å². The second-order valence-corrected chi connectivity index (χ2v) is 10.9. The molecule has 1 aromatic heterocycles. The van der Waals surface area contributed by atoms with E-state index in [0.29, 0.717) is 42.8 Å². The zero-order valence-electron chi connectivity index (χ0n) is 24.0. The summed E-state index contributed by atoms with van der Waals surface area (Å²) in [5.74, 6) is 1.40. The molecule has 3 amide bonds. The number of carbonyl (C=O) groups is 2. The first-order valence-corrected chi connectivity index (χ1v) is 13.3. The van der Waals surface area contributed by atoms with E-state index in [0.717, 1.165) is 6.07 Å². The number of nitrogens with one attached hydrogen (secondary N) is 2. The summed E-state index contributed by atoms with van der Waals surface area (Å²) in [5, 5.41) is 4.99. The van der Waals surface area contributed by atoms with Crippen molar-refractivity contribution in [1.82, 2.24) is 14.9 Å². The molecule has 0 radical (unpaired) electrons. The minimum Gasteiger partial charge on any atom is -0.444 e. The Hall–Kier alpha value is -4.55. The fourth-order valence-corrected chi connectivity index (χ4v) is 4.34. The summed E-state index contributed by atoms with van der Waals surface area (Å²) in [6.07, 6.45) is -3.47. The molecule has 1 atom stereocenters. The summed E-state index contributed by atoms with van der Waals surface area (Å²) in [6, 6.07) is 10.9. The predicted molar refractivity (Wildman–Crippen MR) is 152 cm³/mol. The molecule has 0 saturated carbocycles. The average Bonchev–Trinajstić information content (AvgIpc) is 2.89. The molecule has 0 bridgehead atoms. The zero-order chi connectivity index (χ0) is 30.7. The number of hydrogen-bond acceptors (Lipinski definition) is 7. The molecule has 10 nitrogen and oxygen atoms in total. The number of rotatable bonds is 5. The standard InChI is InChI=1S/C29H33F3N6O4/c1-18-6-7-21(14-23(18)29(30,31)32)36-26(39)35-20-8-10-22(11-9-20)41-25-15-24(33-17-34-25)37-12-13-38(19(2)16-37)27(40)42-28(3,4)5/h6-11,14-15,17,19H,12-13,16H2,1-5H3,(H2,35,36,39)/t19-/m1/s1. The fraction of sp³-hybridized carbons (Fsp3) is 0.379. The second-order valence-electron chi connectivity index (χ2n) is 10.9. The van der Waals surface area contributed by atoms with Crippen molar-refractivity contribution < 1.29 is 32.2 Å². The lowest BCUT2D eigenvalue weighted by molar-refractivity contribution is -0.138. The number of benzene rings is 2. The lowest BCUT2D eigenvalue weighted by Crippen LogP contribution is -2.55. The van der Waals surface area contributed by atoms with Crippen molar-refractivity contribution in [3.05, 3.63) is 66.0 Å². The lowest BCUT2D eigenvalue weighted by Gasteiger charge is -2.40. The van der Waals surface area contributed by atoms with Crippen LogP contribution in [0.2, 0.25) is 0 Å². The van der Waals surface area contributed by atoms with Gasteiger partial charge in [-0.05, 0) is 76.6 Å². The van der Waals surface area contributed by atoms with E-state index in [1.54, 1.807) is 35.2 Å². The Balaban J connectivity index is 1.33. The van der Waals surface area contributed by atoms with Crippen LogP contribution in [0.5, 0.6) is 11.6 Å². The molecule has 2 N–H and O–H groups in total. The molecule has 13 heteroatoms. The number of anilines is 3. The first-order chi connectivity index (χ1) is 19.7. The highest BCUT2D eigenvalue weighted by atomic mass is 19.4. The summed E-state index contributed by atoms with van der Waals surface area (Å²) in [6.45, 7) is 10.4.